The summed E-state index contributed by atoms with van der Waals surface area (Å²) in [7, 11) is -3.86. The minimum atomic E-state index is -3.86. The number of nitrogens with two attached hydrogens (primary N) is 1. The van der Waals surface area contributed by atoms with Crippen LogP contribution in [0.4, 0.5) is 5.69 Å². The van der Waals surface area contributed by atoms with E-state index in [2.05, 4.69) is 10.5 Å². The van der Waals surface area contributed by atoms with E-state index in [0.717, 1.165) is 4.90 Å². The highest BCUT2D eigenvalue weighted by molar-refractivity contribution is 7.89. The molecule has 0 fully saturated rings. The Balaban J connectivity index is 1.48. The normalized spacial score (nSPS) is 13.7. The number of sulfonamides is 1. The number of hydrogen-bond donors (Lipinski definition) is 2. The number of primary sulfonamides is 1. The van der Waals surface area contributed by atoms with Crippen LogP contribution in [0.3, 0.4) is 0 Å². The molecule has 0 aromatic heterocycles. The Morgan fingerprint density at radius 2 is 1.37 bits per heavy atom. The Bertz CT molecular complexity index is 1480. The number of imide groups is 1. The standard InChI is InChI=1S/C23H16Cl2N4O5S/c1-12(27-28-21(30)14-4-8-16(9-5-14)35(26,33)34)13-2-6-15(7-3-13)29-22(31)17-10-19(24)20(25)11-18(17)23(29)32/h2-11H,1H3,(H,28,30)(H2,26,33,34)/b27-12+. The predicted octanol–water partition coefficient (Wildman–Crippen LogP) is 3.60. The summed E-state index contributed by atoms with van der Waals surface area (Å²) in [6, 6.07) is 14.3. The summed E-state index contributed by atoms with van der Waals surface area (Å²) in [5.74, 6) is -1.57. The van der Waals surface area contributed by atoms with Crippen molar-refractivity contribution in [3.05, 3.63) is 93.0 Å². The maximum Gasteiger partial charge on any atom is 0.271 e. The second-order valence-corrected chi connectivity index (χ2v) is 9.89. The highest BCUT2D eigenvalue weighted by Crippen LogP contribution is 2.34. The third-order valence-electron chi connectivity index (χ3n) is 5.24. The SMILES string of the molecule is C/C(=N\NC(=O)c1ccc(S(N)(=O)=O)cc1)c1ccc(N2C(=O)c3cc(Cl)c(Cl)cc3C2=O)cc1. The van der Waals surface area contributed by atoms with Gasteiger partial charge in [-0.05, 0) is 61.0 Å². The minimum Gasteiger partial charge on any atom is -0.268 e. The number of rotatable bonds is 5. The number of anilines is 1. The van der Waals surface area contributed by atoms with Gasteiger partial charge in [-0.25, -0.2) is 23.9 Å². The van der Waals surface area contributed by atoms with Crippen molar-refractivity contribution >= 4 is 62.3 Å². The number of fused-ring (bicyclic) bond motifs is 1. The highest BCUT2D eigenvalue weighted by atomic mass is 35.5. The van der Waals surface area contributed by atoms with Gasteiger partial charge in [-0.15, -0.1) is 0 Å². The van der Waals surface area contributed by atoms with Gasteiger partial charge in [0.15, 0.2) is 0 Å². The van der Waals surface area contributed by atoms with Crippen LogP contribution in [-0.4, -0.2) is 31.9 Å². The Morgan fingerprint density at radius 1 is 0.886 bits per heavy atom. The van der Waals surface area contributed by atoms with Crippen molar-refractivity contribution in [3.8, 4) is 0 Å². The summed E-state index contributed by atoms with van der Waals surface area (Å²) in [5, 5.41) is 9.45. The van der Waals surface area contributed by atoms with Crippen molar-refractivity contribution in [2.45, 2.75) is 11.8 Å². The number of nitrogens with zero attached hydrogens (tertiary/aromatic N) is 2. The zero-order valence-corrected chi connectivity index (χ0v) is 20.3. The van der Waals surface area contributed by atoms with E-state index >= 15 is 0 Å². The first-order valence-electron chi connectivity index (χ1n) is 9.93. The summed E-state index contributed by atoms with van der Waals surface area (Å²) in [6.45, 7) is 1.66. The molecule has 35 heavy (non-hydrogen) atoms. The molecule has 9 nitrogen and oxygen atoms in total. The van der Waals surface area contributed by atoms with Gasteiger partial charge in [0.2, 0.25) is 10.0 Å². The van der Waals surface area contributed by atoms with E-state index in [1.165, 1.54) is 36.4 Å². The summed E-state index contributed by atoms with van der Waals surface area (Å²) < 4.78 is 22.6. The van der Waals surface area contributed by atoms with E-state index in [1.54, 1.807) is 31.2 Å². The molecule has 0 bridgehead atoms. The van der Waals surface area contributed by atoms with Crippen LogP contribution in [0.2, 0.25) is 10.0 Å². The van der Waals surface area contributed by atoms with Crippen LogP contribution >= 0.6 is 23.2 Å². The Labute approximate surface area is 210 Å². The van der Waals surface area contributed by atoms with Crippen molar-refractivity contribution in [1.82, 2.24) is 5.43 Å². The number of carbonyl (C=O) groups excluding carboxylic acids is 3. The van der Waals surface area contributed by atoms with Crippen molar-refractivity contribution < 1.29 is 22.8 Å². The summed E-state index contributed by atoms with van der Waals surface area (Å²) >= 11 is 12.0. The van der Waals surface area contributed by atoms with Crippen molar-refractivity contribution in [1.29, 1.82) is 0 Å². The third kappa shape index (κ3) is 4.82. The van der Waals surface area contributed by atoms with E-state index in [9.17, 15) is 22.8 Å². The van der Waals surface area contributed by atoms with Crippen LogP contribution in [0.15, 0.2) is 70.7 Å². The molecular formula is C23H16Cl2N4O5S. The molecule has 0 unspecified atom stereocenters. The van der Waals surface area contributed by atoms with Crippen LogP contribution in [0, 0.1) is 0 Å². The molecule has 3 aromatic carbocycles. The number of hydrazone groups is 1. The number of benzene rings is 3. The monoisotopic (exact) mass is 530 g/mol. The van der Waals surface area contributed by atoms with Crippen LogP contribution < -0.4 is 15.5 Å². The predicted molar refractivity (Wildman–Crippen MR) is 132 cm³/mol. The van der Waals surface area contributed by atoms with E-state index in [0.29, 0.717) is 17.0 Å². The second-order valence-electron chi connectivity index (χ2n) is 7.51. The number of amides is 3. The van der Waals surface area contributed by atoms with Gasteiger partial charge >= 0.3 is 0 Å². The summed E-state index contributed by atoms with van der Waals surface area (Å²) in [5.41, 5.74) is 4.34. The number of carbonyl (C=O) groups is 3. The van der Waals surface area contributed by atoms with Gasteiger partial charge in [-0.1, -0.05) is 35.3 Å². The van der Waals surface area contributed by atoms with Crippen LogP contribution in [-0.2, 0) is 10.0 Å². The molecule has 0 radical (unpaired) electrons. The summed E-state index contributed by atoms with van der Waals surface area (Å²) in [6.07, 6.45) is 0. The molecule has 4 rings (SSSR count). The molecule has 0 aliphatic carbocycles. The topological polar surface area (TPSA) is 139 Å². The molecule has 1 heterocycles. The quantitative estimate of drug-likeness (QED) is 0.294. The largest absolute Gasteiger partial charge is 0.271 e. The van der Waals surface area contributed by atoms with E-state index < -0.39 is 27.7 Å². The summed E-state index contributed by atoms with van der Waals surface area (Å²) in [4.78, 5) is 38.8. The lowest BCUT2D eigenvalue weighted by atomic mass is 10.1. The Hall–Kier alpha value is -3.57. The van der Waals surface area contributed by atoms with Crippen molar-refractivity contribution in [3.63, 3.8) is 0 Å². The molecule has 0 saturated heterocycles. The molecular weight excluding hydrogens is 515 g/mol. The van der Waals surface area contributed by atoms with Crippen LogP contribution in [0.1, 0.15) is 43.6 Å². The Morgan fingerprint density at radius 3 is 1.86 bits per heavy atom. The van der Waals surface area contributed by atoms with Crippen molar-refractivity contribution in [2.24, 2.45) is 10.2 Å². The van der Waals surface area contributed by atoms with Crippen LogP contribution in [0.25, 0.3) is 0 Å². The molecule has 0 saturated carbocycles. The van der Waals surface area contributed by atoms with Crippen molar-refractivity contribution in [2.75, 3.05) is 4.90 Å². The zero-order chi connectivity index (χ0) is 25.5. The molecule has 1 aliphatic rings. The molecule has 3 amide bonds. The van der Waals surface area contributed by atoms with E-state index in [1.807, 2.05) is 0 Å². The van der Waals surface area contributed by atoms with Gasteiger partial charge in [0.25, 0.3) is 17.7 Å². The Kier molecular flexibility index (Phi) is 6.48. The second kappa shape index (κ2) is 9.23. The fourth-order valence-electron chi connectivity index (χ4n) is 3.38. The lowest BCUT2D eigenvalue weighted by Crippen LogP contribution is -2.29. The molecule has 3 N–H and O–H groups in total. The van der Waals surface area contributed by atoms with Gasteiger partial charge in [0.1, 0.15) is 0 Å². The highest BCUT2D eigenvalue weighted by Gasteiger charge is 2.37. The van der Waals surface area contributed by atoms with E-state index in [4.69, 9.17) is 28.3 Å². The lowest BCUT2D eigenvalue weighted by Gasteiger charge is -2.14. The van der Waals surface area contributed by atoms with Crippen LogP contribution in [0.5, 0.6) is 0 Å². The molecule has 1 aliphatic heterocycles. The zero-order valence-electron chi connectivity index (χ0n) is 18.0. The van der Waals surface area contributed by atoms with E-state index in [-0.39, 0.29) is 31.6 Å². The first-order valence-corrected chi connectivity index (χ1v) is 12.2. The average molecular weight is 531 g/mol. The third-order valence-corrected chi connectivity index (χ3v) is 6.89. The van der Waals surface area contributed by atoms with Gasteiger partial charge in [0, 0.05) is 5.56 Å². The molecule has 12 heteroatoms. The van der Waals surface area contributed by atoms with Gasteiger partial charge in [-0.3, -0.25) is 14.4 Å². The first-order chi connectivity index (χ1) is 16.5. The molecule has 178 valence electrons. The number of nitrogens with one attached hydrogen (secondary N) is 1. The smallest absolute Gasteiger partial charge is 0.268 e. The maximum absolute atomic E-state index is 12.8. The van der Waals surface area contributed by atoms with Gasteiger partial charge in [0.05, 0.1) is 37.5 Å². The van der Waals surface area contributed by atoms with Gasteiger partial charge < -0.3 is 0 Å². The first kappa shape index (κ1) is 24.6. The number of hydrogen-bond acceptors (Lipinski definition) is 6. The lowest BCUT2D eigenvalue weighted by molar-refractivity contribution is 0.0922. The molecule has 3 aromatic rings. The van der Waals surface area contributed by atoms with Gasteiger partial charge in [-0.2, -0.15) is 5.10 Å². The molecule has 0 spiro atoms. The molecule has 0 atom stereocenters. The maximum atomic E-state index is 12.8. The average Bonchev–Trinajstić information content (AvgIpc) is 3.06. The fraction of sp³-hybridized carbons (Fsp3) is 0.0435. The number of halogens is 2. The fourth-order valence-corrected chi connectivity index (χ4v) is 4.22. The minimum absolute atomic E-state index is 0.113.